The van der Waals surface area contributed by atoms with E-state index in [4.69, 9.17) is 14.0 Å². The number of morpholine rings is 1. The molecule has 1 aliphatic rings. The molecular weight excluding hydrogens is 258 g/mol. The second-order valence-electron chi connectivity index (χ2n) is 4.50. The molecule has 0 radical (unpaired) electrons. The quantitative estimate of drug-likeness (QED) is 0.917. The van der Waals surface area contributed by atoms with Gasteiger partial charge < -0.3 is 19.3 Å². The van der Waals surface area contributed by atoms with Crippen LogP contribution in [0.1, 0.15) is 18.8 Å². The molecule has 2 heterocycles. The summed E-state index contributed by atoms with van der Waals surface area (Å²) in [5.41, 5.74) is 0.879. The van der Waals surface area contributed by atoms with Crippen LogP contribution >= 0.6 is 0 Å². The van der Waals surface area contributed by atoms with E-state index in [-0.39, 0.29) is 6.04 Å². The number of rotatable bonds is 4. The lowest BCUT2D eigenvalue weighted by atomic mass is 10.2. The Morgan fingerprint density at radius 1 is 1.35 bits per heavy atom. The molecule has 0 amide bonds. The van der Waals surface area contributed by atoms with Gasteiger partial charge in [-0.2, -0.15) is 4.98 Å². The molecule has 0 unspecified atom stereocenters. The first-order valence-corrected chi connectivity index (χ1v) is 6.75. The summed E-state index contributed by atoms with van der Waals surface area (Å²) in [6.07, 6.45) is 0. The van der Waals surface area contributed by atoms with Gasteiger partial charge >= 0.3 is 0 Å². The Morgan fingerprint density at radius 2 is 2.20 bits per heavy atom. The molecule has 1 aromatic heterocycles. The van der Waals surface area contributed by atoms with E-state index in [1.54, 1.807) is 0 Å². The number of benzene rings is 1. The summed E-state index contributed by atoms with van der Waals surface area (Å²) in [5.74, 6) is 1.97. The minimum absolute atomic E-state index is 0.00366. The van der Waals surface area contributed by atoms with E-state index in [2.05, 4.69) is 15.5 Å². The zero-order valence-corrected chi connectivity index (χ0v) is 11.3. The fraction of sp³-hybridized carbons (Fsp3) is 0.429. The first-order valence-electron chi connectivity index (χ1n) is 6.75. The van der Waals surface area contributed by atoms with E-state index in [0.29, 0.717) is 24.9 Å². The van der Waals surface area contributed by atoms with Gasteiger partial charge in [0.05, 0.1) is 25.9 Å². The van der Waals surface area contributed by atoms with Gasteiger partial charge in [0.25, 0.3) is 5.89 Å². The van der Waals surface area contributed by atoms with Gasteiger partial charge in [-0.05, 0) is 31.2 Å². The van der Waals surface area contributed by atoms with Gasteiger partial charge in [-0.1, -0.05) is 5.16 Å². The van der Waals surface area contributed by atoms with E-state index in [1.807, 2.05) is 31.2 Å². The molecule has 0 aliphatic carbocycles. The van der Waals surface area contributed by atoms with Crippen molar-refractivity contribution in [3.05, 3.63) is 30.1 Å². The highest BCUT2D eigenvalue weighted by Gasteiger charge is 2.21. The summed E-state index contributed by atoms with van der Waals surface area (Å²) in [6.45, 7) is 4.70. The average molecular weight is 275 g/mol. The van der Waals surface area contributed by atoms with Crippen molar-refractivity contribution in [3.8, 4) is 17.2 Å². The van der Waals surface area contributed by atoms with Crippen molar-refractivity contribution in [2.45, 2.75) is 13.0 Å². The van der Waals surface area contributed by atoms with Crippen LogP contribution in [-0.4, -0.2) is 36.5 Å². The summed E-state index contributed by atoms with van der Waals surface area (Å²) in [5, 5.41) is 7.31. The van der Waals surface area contributed by atoms with Gasteiger partial charge in [-0.25, -0.2) is 0 Å². The van der Waals surface area contributed by atoms with Crippen LogP contribution in [0.5, 0.6) is 5.75 Å². The van der Waals surface area contributed by atoms with Crippen molar-refractivity contribution in [2.75, 3.05) is 26.4 Å². The van der Waals surface area contributed by atoms with Crippen molar-refractivity contribution >= 4 is 0 Å². The van der Waals surface area contributed by atoms with Crippen LogP contribution in [0.4, 0.5) is 0 Å². The minimum Gasteiger partial charge on any atom is -0.494 e. The third-order valence-electron chi connectivity index (χ3n) is 3.09. The molecular formula is C14H17N3O3. The van der Waals surface area contributed by atoms with Crippen LogP contribution in [0.2, 0.25) is 0 Å². The first kappa shape index (κ1) is 13.1. The summed E-state index contributed by atoms with van der Waals surface area (Å²) in [6, 6.07) is 7.61. The van der Waals surface area contributed by atoms with Crippen molar-refractivity contribution in [2.24, 2.45) is 0 Å². The van der Waals surface area contributed by atoms with Crippen molar-refractivity contribution in [3.63, 3.8) is 0 Å². The van der Waals surface area contributed by atoms with Gasteiger partial charge in [0.2, 0.25) is 0 Å². The summed E-state index contributed by atoms with van der Waals surface area (Å²) in [4.78, 5) is 4.42. The molecule has 1 aliphatic heterocycles. The predicted molar refractivity (Wildman–Crippen MR) is 72.5 cm³/mol. The topological polar surface area (TPSA) is 69.4 Å². The highest BCUT2D eigenvalue weighted by atomic mass is 16.5. The van der Waals surface area contributed by atoms with Gasteiger partial charge in [0.1, 0.15) is 5.75 Å². The van der Waals surface area contributed by atoms with Gasteiger partial charge in [0, 0.05) is 12.1 Å². The Hall–Kier alpha value is -1.92. The minimum atomic E-state index is 0.00366. The van der Waals surface area contributed by atoms with Crippen LogP contribution in [0, 0.1) is 0 Å². The van der Waals surface area contributed by atoms with Crippen molar-refractivity contribution in [1.29, 1.82) is 0 Å². The molecule has 20 heavy (non-hydrogen) atoms. The second kappa shape index (κ2) is 6.02. The van der Waals surface area contributed by atoms with Gasteiger partial charge in [-0.3, -0.25) is 0 Å². The Balaban J connectivity index is 1.75. The number of aromatic nitrogens is 2. The number of nitrogens with zero attached hydrogens (tertiary/aromatic N) is 2. The predicted octanol–water partition coefficient (Wildman–Crippen LogP) is 1.80. The Kier molecular flexibility index (Phi) is 3.94. The lowest BCUT2D eigenvalue weighted by Gasteiger charge is -2.20. The third kappa shape index (κ3) is 2.81. The molecule has 1 aromatic carbocycles. The van der Waals surface area contributed by atoms with Gasteiger partial charge in [0.15, 0.2) is 5.82 Å². The highest BCUT2D eigenvalue weighted by Crippen LogP contribution is 2.22. The molecule has 6 nitrogen and oxygen atoms in total. The maximum absolute atomic E-state index is 5.40. The van der Waals surface area contributed by atoms with Crippen LogP contribution < -0.4 is 10.1 Å². The lowest BCUT2D eigenvalue weighted by molar-refractivity contribution is 0.0734. The Bertz CT molecular complexity index is 547. The second-order valence-corrected chi connectivity index (χ2v) is 4.50. The fourth-order valence-electron chi connectivity index (χ4n) is 2.09. The van der Waals surface area contributed by atoms with Crippen molar-refractivity contribution < 1.29 is 14.0 Å². The van der Waals surface area contributed by atoms with Crippen LogP contribution in [0.3, 0.4) is 0 Å². The third-order valence-corrected chi connectivity index (χ3v) is 3.09. The number of hydrogen-bond acceptors (Lipinski definition) is 6. The number of nitrogens with one attached hydrogen (secondary N) is 1. The smallest absolute Gasteiger partial charge is 0.257 e. The van der Waals surface area contributed by atoms with Crippen LogP contribution in [0.15, 0.2) is 28.8 Å². The fourth-order valence-corrected chi connectivity index (χ4v) is 2.09. The molecule has 1 atom stereocenters. The zero-order chi connectivity index (χ0) is 13.8. The molecule has 1 saturated heterocycles. The standard InChI is InChI=1S/C14H17N3O3/c1-2-19-11-5-3-10(4-6-11)14-16-13(17-20-14)12-9-18-8-7-15-12/h3-6,12,15H,2,7-9H2,1H3/t12-/m1/s1. The molecule has 1 fully saturated rings. The molecule has 2 aromatic rings. The Morgan fingerprint density at radius 3 is 2.90 bits per heavy atom. The largest absolute Gasteiger partial charge is 0.494 e. The number of hydrogen-bond donors (Lipinski definition) is 1. The lowest BCUT2D eigenvalue weighted by Crippen LogP contribution is -2.35. The Labute approximate surface area is 117 Å². The molecule has 1 N–H and O–H groups in total. The summed E-state index contributed by atoms with van der Waals surface area (Å²) in [7, 11) is 0. The molecule has 0 saturated carbocycles. The summed E-state index contributed by atoms with van der Waals surface area (Å²) >= 11 is 0. The maximum atomic E-state index is 5.40. The first-order chi connectivity index (χ1) is 9.86. The van der Waals surface area contributed by atoms with Crippen LogP contribution in [-0.2, 0) is 4.74 Å². The normalized spacial score (nSPS) is 18.9. The maximum Gasteiger partial charge on any atom is 0.257 e. The summed E-state index contributed by atoms with van der Waals surface area (Å²) < 4.78 is 16.1. The zero-order valence-electron chi connectivity index (χ0n) is 11.3. The molecule has 3 rings (SSSR count). The van der Waals surface area contributed by atoms with E-state index in [9.17, 15) is 0 Å². The molecule has 106 valence electrons. The van der Waals surface area contributed by atoms with E-state index in [0.717, 1.165) is 24.5 Å². The number of ether oxygens (including phenoxy) is 2. The molecule has 0 bridgehead atoms. The molecule has 0 spiro atoms. The SMILES string of the molecule is CCOc1ccc(-c2nc([C@H]3COCCN3)no2)cc1. The molecule has 6 heteroatoms. The highest BCUT2D eigenvalue weighted by molar-refractivity contribution is 5.54. The van der Waals surface area contributed by atoms with E-state index in [1.165, 1.54) is 0 Å². The van der Waals surface area contributed by atoms with E-state index < -0.39 is 0 Å². The van der Waals surface area contributed by atoms with Gasteiger partial charge in [-0.15, -0.1) is 0 Å². The van der Waals surface area contributed by atoms with Crippen molar-refractivity contribution in [1.82, 2.24) is 15.5 Å². The van der Waals surface area contributed by atoms with E-state index >= 15 is 0 Å². The monoisotopic (exact) mass is 275 g/mol. The van der Waals surface area contributed by atoms with Crippen LogP contribution in [0.25, 0.3) is 11.5 Å². The average Bonchev–Trinajstić information content (AvgIpc) is 2.99.